The number of para-hydroxylation sites is 1. The molecule has 7 heteroatoms. The number of fused-ring (bicyclic) bond motifs is 1. The van der Waals surface area contributed by atoms with E-state index in [0.717, 1.165) is 22.0 Å². The Balaban J connectivity index is 1.67. The van der Waals surface area contributed by atoms with Gasteiger partial charge in [-0.15, -0.1) is 0 Å². The van der Waals surface area contributed by atoms with Crippen LogP contribution >= 0.6 is 0 Å². The van der Waals surface area contributed by atoms with E-state index in [4.69, 9.17) is 0 Å². The summed E-state index contributed by atoms with van der Waals surface area (Å²) in [7, 11) is 0. The van der Waals surface area contributed by atoms with Gasteiger partial charge in [0.25, 0.3) is 5.91 Å². The van der Waals surface area contributed by atoms with Gasteiger partial charge in [0.05, 0.1) is 22.9 Å². The summed E-state index contributed by atoms with van der Waals surface area (Å²) in [6.07, 6.45) is 3.63. The van der Waals surface area contributed by atoms with Crippen molar-refractivity contribution in [1.29, 1.82) is 5.26 Å². The lowest BCUT2D eigenvalue weighted by Crippen LogP contribution is -2.21. The number of nitrogens with zero attached hydrogens (tertiary/aromatic N) is 4. The second-order valence-electron chi connectivity index (χ2n) is 7.73. The number of amides is 1. The maximum atomic E-state index is 13.6. The molecular formula is C27H18N4O3. The molecule has 34 heavy (non-hydrogen) atoms. The predicted octanol–water partition coefficient (Wildman–Crippen LogP) is 4.70. The van der Waals surface area contributed by atoms with Crippen molar-refractivity contribution in [2.45, 2.75) is 6.54 Å². The summed E-state index contributed by atoms with van der Waals surface area (Å²) in [6, 6.07) is 25.3. The number of nitriles is 1. The molecule has 164 valence electrons. The molecule has 5 rings (SSSR count). The van der Waals surface area contributed by atoms with Gasteiger partial charge in [-0.2, -0.15) is 15.4 Å². The van der Waals surface area contributed by atoms with E-state index in [-0.39, 0.29) is 18.0 Å². The van der Waals surface area contributed by atoms with Crippen molar-refractivity contribution in [1.82, 2.24) is 4.57 Å². The van der Waals surface area contributed by atoms with E-state index in [2.05, 4.69) is 11.2 Å². The van der Waals surface area contributed by atoms with Gasteiger partial charge >= 0.3 is 5.97 Å². The summed E-state index contributed by atoms with van der Waals surface area (Å²) in [5.74, 6) is -1.44. The van der Waals surface area contributed by atoms with E-state index in [1.54, 1.807) is 18.2 Å². The van der Waals surface area contributed by atoms with Gasteiger partial charge in [-0.3, -0.25) is 4.79 Å². The molecule has 4 aromatic rings. The van der Waals surface area contributed by atoms with Crippen LogP contribution in [0.2, 0.25) is 0 Å². The molecule has 0 fully saturated rings. The summed E-state index contributed by atoms with van der Waals surface area (Å²) in [5.41, 5.74) is 3.76. The van der Waals surface area contributed by atoms with Gasteiger partial charge in [-0.25, -0.2) is 4.79 Å². The third-order valence-electron chi connectivity index (χ3n) is 5.62. The van der Waals surface area contributed by atoms with Crippen LogP contribution in [0.1, 0.15) is 21.5 Å². The number of hydrazone groups is 1. The number of benzene rings is 3. The number of carboxylic acid groups (broad SMARTS) is 1. The zero-order valence-electron chi connectivity index (χ0n) is 17.9. The first-order valence-electron chi connectivity index (χ1n) is 10.6. The van der Waals surface area contributed by atoms with Gasteiger partial charge in [0.15, 0.2) is 0 Å². The molecule has 1 N–H and O–H groups in total. The van der Waals surface area contributed by atoms with Crippen molar-refractivity contribution >= 4 is 40.3 Å². The Kier molecular flexibility index (Phi) is 5.24. The Morgan fingerprint density at radius 2 is 1.79 bits per heavy atom. The van der Waals surface area contributed by atoms with Gasteiger partial charge in [0.1, 0.15) is 12.3 Å². The van der Waals surface area contributed by atoms with Crippen LogP contribution in [-0.2, 0) is 11.3 Å². The fourth-order valence-electron chi connectivity index (χ4n) is 4.05. The Morgan fingerprint density at radius 1 is 1.03 bits per heavy atom. The maximum Gasteiger partial charge on any atom is 0.335 e. The molecule has 1 aliphatic rings. The molecule has 1 aliphatic heterocycles. The van der Waals surface area contributed by atoms with E-state index in [9.17, 15) is 20.0 Å². The quantitative estimate of drug-likeness (QED) is 0.449. The van der Waals surface area contributed by atoms with Crippen LogP contribution in [0.4, 0.5) is 5.69 Å². The summed E-state index contributed by atoms with van der Waals surface area (Å²) >= 11 is 0. The van der Waals surface area contributed by atoms with Crippen LogP contribution in [0.3, 0.4) is 0 Å². The number of carboxylic acids is 1. The van der Waals surface area contributed by atoms with Gasteiger partial charge in [-0.05, 0) is 30.3 Å². The lowest BCUT2D eigenvalue weighted by molar-refractivity contribution is -0.114. The smallest absolute Gasteiger partial charge is 0.335 e. The van der Waals surface area contributed by atoms with Crippen molar-refractivity contribution in [3.8, 4) is 6.07 Å². The second-order valence-corrected chi connectivity index (χ2v) is 7.73. The zero-order valence-corrected chi connectivity index (χ0v) is 17.9. The number of carbonyl (C=O) groups is 2. The summed E-state index contributed by atoms with van der Waals surface area (Å²) in [6.45, 7) is 0.186. The highest BCUT2D eigenvalue weighted by atomic mass is 16.4. The monoisotopic (exact) mass is 446 g/mol. The minimum atomic E-state index is -1.08. The molecule has 2 heterocycles. The number of aromatic nitrogens is 1. The van der Waals surface area contributed by atoms with E-state index < -0.39 is 5.97 Å². The van der Waals surface area contributed by atoms with Gasteiger partial charge in [0, 0.05) is 28.2 Å². The fraction of sp³-hybridized carbons (Fsp3) is 0.0370. The first-order valence-corrected chi connectivity index (χ1v) is 10.6. The minimum absolute atomic E-state index is 0.0683. The van der Waals surface area contributed by atoms with Crippen molar-refractivity contribution in [2.75, 3.05) is 5.01 Å². The Morgan fingerprint density at radius 3 is 2.56 bits per heavy atom. The van der Waals surface area contributed by atoms with E-state index in [1.807, 2.05) is 65.4 Å². The average molecular weight is 446 g/mol. The first-order chi connectivity index (χ1) is 16.6. The van der Waals surface area contributed by atoms with E-state index >= 15 is 0 Å². The summed E-state index contributed by atoms with van der Waals surface area (Å²) < 4.78 is 1.84. The third-order valence-corrected chi connectivity index (χ3v) is 5.62. The van der Waals surface area contributed by atoms with Gasteiger partial charge < -0.3 is 9.67 Å². The van der Waals surface area contributed by atoms with Crippen LogP contribution in [0.5, 0.6) is 0 Å². The van der Waals surface area contributed by atoms with Crippen LogP contribution < -0.4 is 5.01 Å². The van der Waals surface area contributed by atoms with Crippen molar-refractivity contribution < 1.29 is 14.7 Å². The number of hydrogen-bond acceptors (Lipinski definition) is 4. The summed E-state index contributed by atoms with van der Waals surface area (Å²) in [5, 5.41) is 25.3. The highest BCUT2D eigenvalue weighted by Crippen LogP contribution is 2.30. The minimum Gasteiger partial charge on any atom is -0.478 e. The number of hydrogen-bond donors (Lipinski definition) is 1. The zero-order chi connectivity index (χ0) is 23.7. The molecule has 0 atom stereocenters. The number of anilines is 1. The molecule has 3 aromatic carbocycles. The number of carbonyl (C=O) groups excluding carboxylic acids is 1. The Hall–Kier alpha value is -4.96. The van der Waals surface area contributed by atoms with E-state index in [0.29, 0.717) is 17.0 Å². The average Bonchev–Trinajstić information content (AvgIpc) is 3.38. The van der Waals surface area contributed by atoms with Crippen LogP contribution in [0.25, 0.3) is 17.0 Å². The predicted molar refractivity (Wildman–Crippen MR) is 129 cm³/mol. The lowest BCUT2D eigenvalue weighted by Gasteiger charge is -2.12. The SMILES string of the molecule is N#CCn1cc(/C=C2\C(=O)N(c3cccc(C(=O)O)c3)N=C2c2ccccc2)c2ccccc21. The van der Waals surface area contributed by atoms with Crippen molar-refractivity contribution in [2.24, 2.45) is 5.10 Å². The largest absolute Gasteiger partial charge is 0.478 e. The number of aromatic carboxylic acids is 1. The number of rotatable bonds is 5. The normalized spacial score (nSPS) is 14.4. The Bertz CT molecular complexity index is 1540. The van der Waals surface area contributed by atoms with E-state index in [1.165, 1.54) is 17.1 Å². The Labute approximate surface area is 195 Å². The fourth-order valence-corrected chi connectivity index (χ4v) is 4.05. The highest BCUT2D eigenvalue weighted by molar-refractivity contribution is 6.37. The molecule has 1 amide bonds. The third kappa shape index (κ3) is 3.63. The molecule has 0 aliphatic carbocycles. The molecule has 0 saturated carbocycles. The topological polar surface area (TPSA) is 98.7 Å². The van der Waals surface area contributed by atoms with Crippen LogP contribution in [-0.4, -0.2) is 27.3 Å². The van der Waals surface area contributed by atoms with Crippen molar-refractivity contribution in [3.05, 3.63) is 107 Å². The van der Waals surface area contributed by atoms with Gasteiger partial charge in [-0.1, -0.05) is 54.6 Å². The molecule has 1 aromatic heterocycles. The lowest BCUT2D eigenvalue weighted by atomic mass is 10.00. The molecule has 0 saturated heterocycles. The molecule has 0 bridgehead atoms. The van der Waals surface area contributed by atoms with Crippen LogP contribution in [0.15, 0.2) is 95.7 Å². The second kappa shape index (κ2) is 8.52. The molecule has 7 nitrogen and oxygen atoms in total. The summed E-state index contributed by atoms with van der Waals surface area (Å²) in [4.78, 5) is 25.0. The van der Waals surface area contributed by atoms with Gasteiger partial charge in [0.2, 0.25) is 0 Å². The standard InChI is InChI=1S/C27H18N4O3/c28-13-14-30-17-20(22-11-4-5-12-24(22)30)16-23-25(18-7-2-1-3-8-18)29-31(26(23)32)21-10-6-9-19(15-21)27(33)34/h1-12,15-17H,14H2,(H,33,34)/b23-16-. The maximum absolute atomic E-state index is 13.6. The molecule has 0 radical (unpaired) electrons. The highest BCUT2D eigenvalue weighted by Gasteiger charge is 2.32. The molecule has 0 spiro atoms. The molecular weight excluding hydrogens is 428 g/mol. The van der Waals surface area contributed by atoms with Crippen LogP contribution in [0, 0.1) is 11.3 Å². The van der Waals surface area contributed by atoms with Crippen molar-refractivity contribution in [3.63, 3.8) is 0 Å². The molecule has 0 unspecified atom stereocenters. The first kappa shape index (κ1) is 20.9.